The predicted octanol–water partition coefficient (Wildman–Crippen LogP) is 4.13. The van der Waals surface area contributed by atoms with Crippen LogP contribution in [-0.4, -0.2) is 9.55 Å². The van der Waals surface area contributed by atoms with Gasteiger partial charge in [0.25, 0.3) is 0 Å². The molecule has 0 amide bonds. The summed E-state index contributed by atoms with van der Waals surface area (Å²) in [7, 11) is 0. The maximum absolute atomic E-state index is 13.8. The molecule has 3 nitrogen and oxygen atoms in total. The molecule has 3 aromatic rings. The molecule has 0 fully saturated rings. The van der Waals surface area contributed by atoms with Gasteiger partial charge in [-0.1, -0.05) is 31.2 Å². The molecule has 108 valence electrons. The summed E-state index contributed by atoms with van der Waals surface area (Å²) in [6.45, 7) is 2.71. The van der Waals surface area contributed by atoms with Gasteiger partial charge in [0.05, 0.1) is 22.1 Å². The first kappa shape index (κ1) is 14.1. The minimum Gasteiger partial charge on any atom is -0.369 e. The minimum absolute atomic E-state index is 0.313. The Morgan fingerprint density at radius 3 is 2.67 bits per heavy atom. The maximum Gasteiger partial charge on any atom is 0.201 e. The van der Waals surface area contributed by atoms with Crippen molar-refractivity contribution in [3.63, 3.8) is 0 Å². The van der Waals surface area contributed by atoms with Gasteiger partial charge in [-0.2, -0.15) is 0 Å². The minimum atomic E-state index is -0.313. The van der Waals surface area contributed by atoms with Gasteiger partial charge >= 0.3 is 0 Å². The Morgan fingerprint density at radius 2 is 1.95 bits per heavy atom. The van der Waals surface area contributed by atoms with Crippen LogP contribution in [0.25, 0.3) is 11.0 Å². The Kier molecular flexibility index (Phi) is 3.68. The van der Waals surface area contributed by atoms with Crippen LogP contribution < -0.4 is 5.73 Å². The highest BCUT2D eigenvalue weighted by Crippen LogP contribution is 2.26. The lowest BCUT2D eigenvalue weighted by Crippen LogP contribution is -2.06. The molecule has 1 heterocycles. The first-order chi connectivity index (χ1) is 10.1. The van der Waals surface area contributed by atoms with Crippen LogP contribution in [-0.2, 0) is 13.0 Å². The number of anilines is 1. The molecule has 0 aliphatic rings. The van der Waals surface area contributed by atoms with Crippen LogP contribution in [0.3, 0.4) is 0 Å². The van der Waals surface area contributed by atoms with Crippen LogP contribution in [0.15, 0.2) is 40.9 Å². The molecular weight excluding hydrogens is 333 g/mol. The van der Waals surface area contributed by atoms with Crippen LogP contribution in [0.1, 0.15) is 18.1 Å². The number of hydrogen-bond donors (Lipinski definition) is 1. The second-order valence-corrected chi connectivity index (χ2v) is 5.79. The van der Waals surface area contributed by atoms with Crippen molar-refractivity contribution in [3.8, 4) is 0 Å². The number of nitrogens with two attached hydrogens (primary N) is 1. The summed E-state index contributed by atoms with van der Waals surface area (Å²) >= 11 is 3.17. The monoisotopic (exact) mass is 347 g/mol. The van der Waals surface area contributed by atoms with E-state index in [1.165, 1.54) is 17.2 Å². The van der Waals surface area contributed by atoms with Gasteiger partial charge < -0.3 is 10.3 Å². The first-order valence-electron chi connectivity index (χ1n) is 6.77. The first-order valence-corrected chi connectivity index (χ1v) is 7.57. The summed E-state index contributed by atoms with van der Waals surface area (Å²) < 4.78 is 16.0. The molecule has 0 aliphatic heterocycles. The van der Waals surface area contributed by atoms with Gasteiger partial charge in [-0.15, -0.1) is 0 Å². The van der Waals surface area contributed by atoms with Gasteiger partial charge in [0, 0.05) is 6.07 Å². The van der Waals surface area contributed by atoms with E-state index in [1.807, 2.05) is 16.7 Å². The summed E-state index contributed by atoms with van der Waals surface area (Å²) in [5, 5.41) is 0. The van der Waals surface area contributed by atoms with Crippen molar-refractivity contribution in [1.29, 1.82) is 0 Å². The molecule has 5 heteroatoms. The van der Waals surface area contributed by atoms with E-state index in [0.29, 0.717) is 28.0 Å². The molecular formula is C16H15BrFN3. The number of rotatable bonds is 3. The van der Waals surface area contributed by atoms with E-state index in [-0.39, 0.29) is 5.82 Å². The zero-order valence-electron chi connectivity index (χ0n) is 11.6. The molecule has 21 heavy (non-hydrogen) atoms. The number of halogens is 2. The molecule has 3 rings (SSSR count). The molecule has 0 unspecified atom stereocenters. The van der Waals surface area contributed by atoms with Gasteiger partial charge in [0.2, 0.25) is 5.95 Å². The lowest BCUT2D eigenvalue weighted by Gasteiger charge is -2.11. The van der Waals surface area contributed by atoms with E-state index in [1.54, 1.807) is 6.07 Å². The number of hydrogen-bond acceptors (Lipinski definition) is 2. The fourth-order valence-corrected chi connectivity index (χ4v) is 2.86. The fourth-order valence-electron chi connectivity index (χ4n) is 2.53. The SMILES string of the molecule is CCc1ccccc1Cn1c(N)nc2cc(Br)c(F)cc21. The normalized spacial score (nSPS) is 11.2. The van der Waals surface area contributed by atoms with E-state index in [4.69, 9.17) is 5.73 Å². The number of benzene rings is 2. The van der Waals surface area contributed by atoms with Gasteiger partial charge in [-0.25, -0.2) is 9.37 Å². The van der Waals surface area contributed by atoms with Crippen molar-refractivity contribution in [2.45, 2.75) is 19.9 Å². The third-order valence-electron chi connectivity index (χ3n) is 3.65. The van der Waals surface area contributed by atoms with Gasteiger partial charge in [0.15, 0.2) is 0 Å². The number of fused-ring (bicyclic) bond motifs is 1. The summed E-state index contributed by atoms with van der Waals surface area (Å²) in [5.74, 6) is 0.0841. The average molecular weight is 348 g/mol. The summed E-state index contributed by atoms with van der Waals surface area (Å²) in [4.78, 5) is 4.31. The number of aryl methyl sites for hydroxylation is 1. The van der Waals surface area contributed by atoms with E-state index >= 15 is 0 Å². The summed E-state index contributed by atoms with van der Waals surface area (Å²) in [6.07, 6.45) is 0.947. The number of nitrogen functional groups attached to an aromatic ring is 1. The Hall–Kier alpha value is -1.88. The molecule has 0 atom stereocenters. The highest BCUT2D eigenvalue weighted by molar-refractivity contribution is 9.10. The van der Waals surface area contributed by atoms with Gasteiger partial charge in [-0.3, -0.25) is 0 Å². The lowest BCUT2D eigenvalue weighted by atomic mass is 10.1. The molecule has 0 spiro atoms. The molecule has 0 aliphatic carbocycles. The topological polar surface area (TPSA) is 43.8 Å². The molecule has 0 bridgehead atoms. The number of nitrogens with zero attached hydrogens (tertiary/aromatic N) is 2. The Morgan fingerprint density at radius 1 is 1.24 bits per heavy atom. The molecule has 0 radical (unpaired) electrons. The highest BCUT2D eigenvalue weighted by Gasteiger charge is 2.13. The summed E-state index contributed by atoms with van der Waals surface area (Å²) in [6, 6.07) is 11.3. The van der Waals surface area contributed by atoms with Crippen LogP contribution in [0, 0.1) is 5.82 Å². The third-order valence-corrected chi connectivity index (χ3v) is 4.26. The van der Waals surface area contributed by atoms with Crippen molar-refractivity contribution < 1.29 is 4.39 Å². The van der Waals surface area contributed by atoms with Gasteiger partial charge in [0.1, 0.15) is 5.82 Å². The fraction of sp³-hybridized carbons (Fsp3) is 0.188. The van der Waals surface area contributed by atoms with E-state index in [9.17, 15) is 4.39 Å². The molecule has 2 N–H and O–H groups in total. The van der Waals surface area contributed by atoms with Crippen molar-refractivity contribution in [1.82, 2.24) is 9.55 Å². The predicted molar refractivity (Wildman–Crippen MR) is 86.7 cm³/mol. The largest absolute Gasteiger partial charge is 0.369 e. The van der Waals surface area contributed by atoms with Gasteiger partial charge in [-0.05, 0) is 39.5 Å². The smallest absolute Gasteiger partial charge is 0.201 e. The van der Waals surface area contributed by atoms with Crippen LogP contribution >= 0.6 is 15.9 Å². The Balaban J connectivity index is 2.12. The van der Waals surface area contributed by atoms with E-state index < -0.39 is 0 Å². The highest BCUT2D eigenvalue weighted by atomic mass is 79.9. The third kappa shape index (κ3) is 2.53. The van der Waals surface area contributed by atoms with Crippen molar-refractivity contribution in [2.75, 3.05) is 5.73 Å². The standard InChI is InChI=1S/C16H15BrFN3/c1-2-10-5-3-4-6-11(10)9-21-15-8-13(18)12(17)7-14(15)20-16(21)19/h3-8H,2,9H2,1H3,(H2,19,20). The zero-order valence-corrected chi connectivity index (χ0v) is 13.2. The molecule has 0 saturated carbocycles. The van der Waals surface area contributed by atoms with Crippen molar-refractivity contribution >= 4 is 32.9 Å². The van der Waals surface area contributed by atoms with Crippen LogP contribution in [0.2, 0.25) is 0 Å². The second-order valence-electron chi connectivity index (χ2n) is 4.93. The Bertz CT molecular complexity index is 811. The molecule has 0 saturated heterocycles. The van der Waals surface area contributed by atoms with Crippen LogP contribution in [0.4, 0.5) is 10.3 Å². The van der Waals surface area contributed by atoms with Crippen molar-refractivity contribution in [2.24, 2.45) is 0 Å². The summed E-state index contributed by atoms with van der Waals surface area (Å²) in [5.41, 5.74) is 9.84. The maximum atomic E-state index is 13.8. The Labute approximate surface area is 130 Å². The van der Waals surface area contributed by atoms with Crippen LogP contribution in [0.5, 0.6) is 0 Å². The van der Waals surface area contributed by atoms with Crippen molar-refractivity contribution in [3.05, 3.63) is 57.8 Å². The lowest BCUT2D eigenvalue weighted by molar-refractivity contribution is 0.622. The number of imidazole rings is 1. The van der Waals surface area contributed by atoms with E-state index in [0.717, 1.165) is 6.42 Å². The van der Waals surface area contributed by atoms with E-state index in [2.05, 4.69) is 40.0 Å². The molecule has 1 aromatic heterocycles. The number of aromatic nitrogens is 2. The second kappa shape index (κ2) is 5.48. The molecule has 2 aromatic carbocycles. The average Bonchev–Trinajstić information content (AvgIpc) is 2.76. The quantitative estimate of drug-likeness (QED) is 0.773. The zero-order chi connectivity index (χ0) is 15.0.